The van der Waals surface area contributed by atoms with Crippen LogP contribution in [-0.4, -0.2) is 17.1 Å². The van der Waals surface area contributed by atoms with Gasteiger partial charge in [-0.2, -0.15) is 0 Å². The van der Waals surface area contributed by atoms with Gasteiger partial charge in [-0.25, -0.2) is 4.79 Å². The number of carboxylic acid groups (broad SMARTS) is 1. The van der Waals surface area contributed by atoms with Gasteiger partial charge in [-0.1, -0.05) is 6.58 Å². The highest BCUT2D eigenvalue weighted by atomic mass is 35.5. The van der Waals surface area contributed by atoms with Gasteiger partial charge in [0.25, 0.3) is 0 Å². The third kappa shape index (κ3) is 5.17. The first-order valence-corrected chi connectivity index (χ1v) is 2.84. The van der Waals surface area contributed by atoms with Crippen molar-refractivity contribution < 1.29 is 14.6 Å². The van der Waals surface area contributed by atoms with Crippen molar-refractivity contribution >= 4 is 17.8 Å². The standard InChI is InChI=1S/C5H7ClO3/c1-4(2-3-6)9-5(7)8/h1-3H2,(H,7,8). The van der Waals surface area contributed by atoms with Gasteiger partial charge in [0.2, 0.25) is 0 Å². The zero-order valence-electron chi connectivity index (χ0n) is 4.76. The van der Waals surface area contributed by atoms with Gasteiger partial charge in [0, 0.05) is 12.3 Å². The van der Waals surface area contributed by atoms with E-state index >= 15 is 0 Å². The lowest BCUT2D eigenvalue weighted by molar-refractivity contribution is 0.117. The Morgan fingerprint density at radius 2 is 2.33 bits per heavy atom. The van der Waals surface area contributed by atoms with Crippen molar-refractivity contribution in [2.75, 3.05) is 5.88 Å². The van der Waals surface area contributed by atoms with Crippen LogP contribution < -0.4 is 0 Å². The highest BCUT2D eigenvalue weighted by Crippen LogP contribution is 2.00. The van der Waals surface area contributed by atoms with Crippen molar-refractivity contribution in [1.82, 2.24) is 0 Å². The second-order valence-electron chi connectivity index (χ2n) is 1.35. The predicted molar refractivity (Wildman–Crippen MR) is 33.6 cm³/mol. The average molecular weight is 151 g/mol. The molecule has 4 heteroatoms. The lowest BCUT2D eigenvalue weighted by Gasteiger charge is -1.98. The van der Waals surface area contributed by atoms with Gasteiger partial charge in [0.1, 0.15) is 5.76 Å². The molecule has 0 aromatic carbocycles. The maximum Gasteiger partial charge on any atom is 0.510 e. The van der Waals surface area contributed by atoms with E-state index in [-0.39, 0.29) is 5.76 Å². The minimum atomic E-state index is -1.34. The molecule has 0 aliphatic carbocycles. The van der Waals surface area contributed by atoms with Crippen LogP contribution in [0.3, 0.4) is 0 Å². The molecule has 0 amide bonds. The Hall–Kier alpha value is -0.700. The van der Waals surface area contributed by atoms with E-state index in [1.54, 1.807) is 0 Å². The summed E-state index contributed by atoms with van der Waals surface area (Å²) in [4.78, 5) is 9.76. The summed E-state index contributed by atoms with van der Waals surface area (Å²) in [6.07, 6.45) is -0.974. The van der Waals surface area contributed by atoms with E-state index in [4.69, 9.17) is 16.7 Å². The van der Waals surface area contributed by atoms with Crippen molar-refractivity contribution in [3.05, 3.63) is 12.3 Å². The number of alkyl halides is 1. The van der Waals surface area contributed by atoms with Crippen molar-refractivity contribution in [2.45, 2.75) is 6.42 Å². The molecular formula is C5H7ClO3. The van der Waals surface area contributed by atoms with Gasteiger partial charge >= 0.3 is 6.16 Å². The first-order chi connectivity index (χ1) is 4.16. The van der Waals surface area contributed by atoms with E-state index < -0.39 is 6.16 Å². The molecule has 0 aromatic rings. The molecule has 0 radical (unpaired) electrons. The number of hydrogen-bond acceptors (Lipinski definition) is 2. The van der Waals surface area contributed by atoms with E-state index in [0.29, 0.717) is 12.3 Å². The van der Waals surface area contributed by atoms with E-state index in [0.717, 1.165) is 0 Å². The van der Waals surface area contributed by atoms with Crippen molar-refractivity contribution in [3.63, 3.8) is 0 Å². The van der Waals surface area contributed by atoms with Crippen molar-refractivity contribution in [1.29, 1.82) is 0 Å². The monoisotopic (exact) mass is 150 g/mol. The van der Waals surface area contributed by atoms with Crippen LogP contribution in [0.15, 0.2) is 12.3 Å². The molecule has 0 rings (SSSR count). The summed E-state index contributed by atoms with van der Waals surface area (Å²) in [5, 5.41) is 7.98. The molecule has 0 fully saturated rings. The lowest BCUT2D eigenvalue weighted by atomic mass is 10.4. The highest BCUT2D eigenvalue weighted by Gasteiger charge is 1.98. The molecule has 0 aliphatic heterocycles. The van der Waals surface area contributed by atoms with Crippen LogP contribution in [-0.2, 0) is 4.74 Å². The van der Waals surface area contributed by atoms with Gasteiger partial charge in [-0.05, 0) is 0 Å². The molecule has 9 heavy (non-hydrogen) atoms. The Bertz CT molecular complexity index is 121. The molecule has 0 heterocycles. The molecule has 52 valence electrons. The maximum absolute atomic E-state index is 9.76. The lowest BCUT2D eigenvalue weighted by Crippen LogP contribution is -1.99. The van der Waals surface area contributed by atoms with Crippen LogP contribution in [0.2, 0.25) is 0 Å². The first-order valence-electron chi connectivity index (χ1n) is 2.31. The topological polar surface area (TPSA) is 46.5 Å². The van der Waals surface area contributed by atoms with Gasteiger partial charge in [-0.15, -0.1) is 11.6 Å². The average Bonchev–Trinajstić information content (AvgIpc) is 1.63. The summed E-state index contributed by atoms with van der Waals surface area (Å²) < 4.78 is 4.13. The molecule has 0 saturated heterocycles. The van der Waals surface area contributed by atoms with Crippen LogP contribution in [0, 0.1) is 0 Å². The second kappa shape index (κ2) is 4.21. The fourth-order valence-electron chi connectivity index (χ4n) is 0.280. The summed E-state index contributed by atoms with van der Waals surface area (Å²) in [6.45, 7) is 3.30. The molecule has 0 aliphatic rings. The Balaban J connectivity index is 3.39. The SMILES string of the molecule is C=C(CCCl)OC(=O)O. The third-order valence-corrected chi connectivity index (χ3v) is 0.794. The minimum Gasteiger partial charge on any atom is -0.449 e. The second-order valence-corrected chi connectivity index (χ2v) is 1.72. The number of hydrogen-bond donors (Lipinski definition) is 1. The Morgan fingerprint density at radius 1 is 1.78 bits per heavy atom. The maximum atomic E-state index is 9.76. The minimum absolute atomic E-state index is 0.178. The molecule has 0 spiro atoms. The number of rotatable bonds is 3. The molecule has 0 saturated carbocycles. The fraction of sp³-hybridized carbons (Fsp3) is 0.400. The van der Waals surface area contributed by atoms with Crippen LogP contribution in [0.4, 0.5) is 4.79 Å². The summed E-state index contributed by atoms with van der Waals surface area (Å²) in [5.74, 6) is 0.504. The number of allylic oxidation sites excluding steroid dienone is 1. The van der Waals surface area contributed by atoms with Crippen LogP contribution >= 0.6 is 11.6 Å². The number of ether oxygens (including phenoxy) is 1. The largest absolute Gasteiger partial charge is 0.510 e. The highest BCUT2D eigenvalue weighted by molar-refractivity contribution is 6.17. The van der Waals surface area contributed by atoms with E-state index in [1.807, 2.05) is 0 Å². The van der Waals surface area contributed by atoms with Crippen LogP contribution in [0.25, 0.3) is 0 Å². The summed E-state index contributed by atoms with van der Waals surface area (Å²) in [7, 11) is 0. The van der Waals surface area contributed by atoms with E-state index in [1.165, 1.54) is 0 Å². The molecule has 3 nitrogen and oxygen atoms in total. The summed E-state index contributed by atoms with van der Waals surface area (Å²) in [5.41, 5.74) is 0. The van der Waals surface area contributed by atoms with Gasteiger partial charge in [-0.3, -0.25) is 0 Å². The van der Waals surface area contributed by atoms with E-state index in [9.17, 15) is 4.79 Å². The van der Waals surface area contributed by atoms with Crippen molar-refractivity contribution in [2.24, 2.45) is 0 Å². The molecule has 0 bridgehead atoms. The number of halogens is 1. The number of carbonyl (C=O) groups is 1. The van der Waals surface area contributed by atoms with Gasteiger partial charge < -0.3 is 9.84 Å². The summed E-state index contributed by atoms with van der Waals surface area (Å²) in [6, 6.07) is 0. The zero-order valence-corrected chi connectivity index (χ0v) is 5.52. The molecular weight excluding hydrogens is 144 g/mol. The molecule has 0 unspecified atom stereocenters. The van der Waals surface area contributed by atoms with Crippen molar-refractivity contribution in [3.8, 4) is 0 Å². The van der Waals surface area contributed by atoms with Crippen LogP contribution in [0.1, 0.15) is 6.42 Å². The zero-order chi connectivity index (χ0) is 7.28. The summed E-state index contributed by atoms with van der Waals surface area (Å²) >= 11 is 5.25. The molecule has 0 atom stereocenters. The Labute approximate surface area is 57.9 Å². The molecule has 1 N–H and O–H groups in total. The third-order valence-electron chi connectivity index (χ3n) is 0.605. The smallest absolute Gasteiger partial charge is 0.449 e. The van der Waals surface area contributed by atoms with Gasteiger partial charge in [0.15, 0.2) is 0 Å². The molecule has 0 aromatic heterocycles. The van der Waals surface area contributed by atoms with Crippen LogP contribution in [0.5, 0.6) is 0 Å². The Kier molecular flexibility index (Phi) is 3.88. The normalized spacial score (nSPS) is 8.56. The fourth-order valence-corrected chi connectivity index (χ4v) is 0.491. The van der Waals surface area contributed by atoms with E-state index in [2.05, 4.69) is 11.3 Å². The predicted octanol–water partition coefficient (Wildman–Crippen LogP) is 1.82. The van der Waals surface area contributed by atoms with Gasteiger partial charge in [0.05, 0.1) is 0 Å². The Morgan fingerprint density at radius 3 is 2.67 bits per heavy atom. The quantitative estimate of drug-likeness (QED) is 0.379. The first kappa shape index (κ1) is 8.30.